The number of aliphatic imine (C=N–C) groups is 1. The molecule has 0 spiro atoms. The molecule has 0 unspecified atom stereocenters. The van der Waals surface area contributed by atoms with Crippen LogP contribution in [0.25, 0.3) is 0 Å². The van der Waals surface area contributed by atoms with E-state index in [1.807, 2.05) is 6.92 Å². The molecule has 120 valence electrons. The van der Waals surface area contributed by atoms with E-state index in [0.717, 1.165) is 0 Å². The second-order valence-electron chi connectivity index (χ2n) is 4.73. The number of halogens is 1. The lowest BCUT2D eigenvalue weighted by Crippen LogP contribution is -2.22. The lowest BCUT2D eigenvalue weighted by molar-refractivity contribution is -0.142. The van der Waals surface area contributed by atoms with E-state index in [-0.39, 0.29) is 22.3 Å². The number of hydrogen-bond donors (Lipinski definition) is 1. The Morgan fingerprint density at radius 3 is 2.86 bits per heavy atom. The van der Waals surface area contributed by atoms with Gasteiger partial charge < -0.3 is 4.74 Å². The molecular weight excluding hydrogens is 372 g/mol. The number of benzene rings is 1. The van der Waals surface area contributed by atoms with E-state index in [0.29, 0.717) is 30.8 Å². The summed E-state index contributed by atoms with van der Waals surface area (Å²) in [4.78, 5) is 15.6. The Morgan fingerprint density at radius 1 is 1.41 bits per heavy atom. The highest BCUT2D eigenvalue weighted by Crippen LogP contribution is 2.22. The van der Waals surface area contributed by atoms with Crippen molar-refractivity contribution in [3.63, 3.8) is 0 Å². The van der Waals surface area contributed by atoms with Gasteiger partial charge in [-0.15, -0.1) is 0 Å². The Bertz CT molecular complexity index is 688. The van der Waals surface area contributed by atoms with Crippen LogP contribution in [0.4, 0.5) is 0 Å². The van der Waals surface area contributed by atoms with Gasteiger partial charge in [-0.2, -0.15) is 0 Å². The number of carbonyl (C=O) groups is 1. The molecule has 0 bridgehead atoms. The van der Waals surface area contributed by atoms with Crippen LogP contribution in [-0.2, 0) is 19.6 Å². The maximum absolute atomic E-state index is 11.9. The molecule has 2 rings (SSSR count). The van der Waals surface area contributed by atoms with Crippen LogP contribution >= 0.6 is 15.9 Å². The molecule has 0 aromatic heterocycles. The van der Waals surface area contributed by atoms with E-state index >= 15 is 0 Å². The predicted octanol–water partition coefficient (Wildman–Crippen LogP) is 1.83. The molecular formula is C14H17BrN2O4S. The lowest BCUT2D eigenvalue weighted by atomic mass is 10.2. The Morgan fingerprint density at radius 2 is 2.14 bits per heavy atom. The average molecular weight is 389 g/mol. The second kappa shape index (κ2) is 7.23. The standard InChI is InChI=1S/C14H17BrN2O4S/c1-2-11(15)14(18)21-9-5-8-16-13-10-6-3-4-7-12(10)22(19,20)17-13/h3-4,6-7,11H,2,5,8-9H2,1H3,(H,16,17)/t11-/m1/s1. The van der Waals surface area contributed by atoms with Crippen LogP contribution < -0.4 is 4.72 Å². The van der Waals surface area contributed by atoms with E-state index in [9.17, 15) is 13.2 Å². The normalized spacial score (nSPS) is 18.5. The molecule has 1 aromatic rings. The van der Waals surface area contributed by atoms with E-state index in [1.165, 1.54) is 0 Å². The van der Waals surface area contributed by atoms with Gasteiger partial charge in [0.25, 0.3) is 10.0 Å². The van der Waals surface area contributed by atoms with Crippen molar-refractivity contribution in [2.24, 2.45) is 4.99 Å². The number of nitrogens with zero attached hydrogens (tertiary/aromatic N) is 1. The molecule has 1 aliphatic heterocycles. The molecule has 1 heterocycles. The fraction of sp³-hybridized carbons (Fsp3) is 0.429. The minimum Gasteiger partial charge on any atom is -0.465 e. The number of fused-ring (bicyclic) bond motifs is 1. The molecule has 0 radical (unpaired) electrons. The highest BCUT2D eigenvalue weighted by molar-refractivity contribution is 9.10. The highest BCUT2D eigenvalue weighted by Gasteiger charge is 2.29. The third-order valence-corrected chi connectivity index (χ3v) is 5.51. The summed E-state index contributed by atoms with van der Waals surface area (Å²) in [6.07, 6.45) is 1.20. The number of sulfonamides is 1. The maximum atomic E-state index is 11.9. The summed E-state index contributed by atoms with van der Waals surface area (Å²) in [7, 11) is -3.50. The van der Waals surface area contributed by atoms with Gasteiger partial charge in [-0.25, -0.2) is 8.42 Å². The van der Waals surface area contributed by atoms with Gasteiger partial charge in [0.15, 0.2) is 0 Å². The van der Waals surface area contributed by atoms with Crippen molar-refractivity contribution in [3.05, 3.63) is 29.8 Å². The third kappa shape index (κ3) is 3.86. The highest BCUT2D eigenvalue weighted by atomic mass is 79.9. The van der Waals surface area contributed by atoms with Crippen molar-refractivity contribution in [1.29, 1.82) is 0 Å². The van der Waals surface area contributed by atoms with Crippen molar-refractivity contribution < 1.29 is 17.9 Å². The molecule has 0 saturated carbocycles. The van der Waals surface area contributed by atoms with E-state index < -0.39 is 10.0 Å². The molecule has 0 amide bonds. The smallest absolute Gasteiger partial charge is 0.319 e. The number of amidine groups is 1. The van der Waals surface area contributed by atoms with Crippen molar-refractivity contribution in [3.8, 4) is 0 Å². The van der Waals surface area contributed by atoms with Crippen molar-refractivity contribution in [1.82, 2.24) is 4.72 Å². The van der Waals surface area contributed by atoms with E-state index in [1.54, 1.807) is 24.3 Å². The van der Waals surface area contributed by atoms with Crippen molar-refractivity contribution >= 4 is 37.8 Å². The number of hydrogen-bond acceptors (Lipinski definition) is 5. The molecule has 1 atom stereocenters. The molecule has 6 nitrogen and oxygen atoms in total. The zero-order chi connectivity index (χ0) is 16.2. The second-order valence-corrected chi connectivity index (χ2v) is 7.48. The Kier molecular flexibility index (Phi) is 5.57. The number of rotatable bonds is 6. The SMILES string of the molecule is CC[C@@H](Br)C(=O)OCCCN=C1NS(=O)(=O)c2ccccc21. The topological polar surface area (TPSA) is 84.8 Å². The van der Waals surface area contributed by atoms with Crippen LogP contribution in [0.15, 0.2) is 34.2 Å². The summed E-state index contributed by atoms with van der Waals surface area (Å²) in [6, 6.07) is 6.69. The molecule has 0 saturated heterocycles. The maximum Gasteiger partial charge on any atom is 0.319 e. The number of esters is 1. The lowest BCUT2D eigenvalue weighted by Gasteiger charge is -2.07. The molecule has 22 heavy (non-hydrogen) atoms. The van der Waals surface area contributed by atoms with Crippen LogP contribution in [0.2, 0.25) is 0 Å². The Balaban J connectivity index is 1.89. The van der Waals surface area contributed by atoms with Gasteiger partial charge in [0.1, 0.15) is 10.7 Å². The van der Waals surface area contributed by atoms with Crippen molar-refractivity contribution in [2.45, 2.75) is 29.5 Å². The van der Waals surface area contributed by atoms with Gasteiger partial charge in [-0.3, -0.25) is 14.5 Å². The molecule has 0 fully saturated rings. The average Bonchev–Trinajstić information content (AvgIpc) is 2.77. The molecule has 0 aliphatic carbocycles. The molecule has 1 aromatic carbocycles. The first-order valence-electron chi connectivity index (χ1n) is 6.93. The molecule has 1 N–H and O–H groups in total. The first kappa shape index (κ1) is 17.0. The minimum atomic E-state index is -3.50. The summed E-state index contributed by atoms with van der Waals surface area (Å²) in [6.45, 7) is 2.51. The van der Waals surface area contributed by atoms with Gasteiger partial charge in [0.05, 0.1) is 11.5 Å². The van der Waals surface area contributed by atoms with E-state index in [2.05, 4.69) is 25.6 Å². The fourth-order valence-corrected chi connectivity index (χ4v) is 3.32. The number of ether oxygens (including phenoxy) is 1. The van der Waals surface area contributed by atoms with Crippen LogP contribution in [0.3, 0.4) is 0 Å². The third-order valence-electron chi connectivity index (χ3n) is 3.09. The van der Waals surface area contributed by atoms with Gasteiger partial charge in [-0.05, 0) is 18.6 Å². The summed E-state index contributed by atoms with van der Waals surface area (Å²) in [5.41, 5.74) is 0.575. The zero-order valence-electron chi connectivity index (χ0n) is 12.1. The van der Waals surface area contributed by atoms with Crippen LogP contribution in [0.5, 0.6) is 0 Å². The fourth-order valence-electron chi connectivity index (χ4n) is 1.94. The largest absolute Gasteiger partial charge is 0.465 e. The number of alkyl halides is 1. The van der Waals surface area contributed by atoms with Gasteiger partial charge in [-0.1, -0.05) is 35.0 Å². The van der Waals surface area contributed by atoms with Crippen LogP contribution in [0, 0.1) is 0 Å². The summed E-state index contributed by atoms with van der Waals surface area (Å²) in [5, 5.41) is 0. The van der Waals surface area contributed by atoms with Gasteiger partial charge in [0, 0.05) is 18.5 Å². The summed E-state index contributed by atoms with van der Waals surface area (Å²) < 4.78 is 31.3. The zero-order valence-corrected chi connectivity index (χ0v) is 14.5. The van der Waals surface area contributed by atoms with Gasteiger partial charge >= 0.3 is 5.97 Å². The summed E-state index contributed by atoms with van der Waals surface area (Å²) in [5.74, 6) is 0.0518. The van der Waals surface area contributed by atoms with Crippen molar-refractivity contribution in [2.75, 3.05) is 13.2 Å². The Labute approximate surface area is 138 Å². The molecule has 8 heteroatoms. The number of nitrogens with one attached hydrogen (secondary N) is 1. The first-order chi connectivity index (χ1) is 10.5. The van der Waals surface area contributed by atoms with Crippen LogP contribution in [0.1, 0.15) is 25.3 Å². The van der Waals surface area contributed by atoms with Gasteiger partial charge in [0.2, 0.25) is 0 Å². The number of carbonyl (C=O) groups excluding carboxylic acids is 1. The minimum absolute atomic E-state index is 0.241. The first-order valence-corrected chi connectivity index (χ1v) is 9.33. The molecule has 1 aliphatic rings. The quantitative estimate of drug-likeness (QED) is 0.457. The van der Waals surface area contributed by atoms with Crippen LogP contribution in [-0.4, -0.2) is 38.2 Å². The van der Waals surface area contributed by atoms with E-state index in [4.69, 9.17) is 4.74 Å². The Hall–Kier alpha value is -1.41. The summed E-state index contributed by atoms with van der Waals surface area (Å²) >= 11 is 3.22. The predicted molar refractivity (Wildman–Crippen MR) is 86.7 cm³/mol. The monoisotopic (exact) mass is 388 g/mol.